The first kappa shape index (κ1) is 14.2. The van der Waals surface area contributed by atoms with E-state index in [9.17, 15) is 20.0 Å². The molecule has 1 unspecified atom stereocenters. The van der Waals surface area contributed by atoms with E-state index in [1.54, 1.807) is 13.0 Å². The molecule has 1 aromatic rings. The van der Waals surface area contributed by atoms with Crippen LogP contribution < -0.4 is 4.90 Å². The Morgan fingerprint density at radius 2 is 2.35 bits per heavy atom. The number of carboxylic acid groups (broad SMARTS) is 1. The van der Waals surface area contributed by atoms with Crippen LogP contribution in [-0.4, -0.2) is 34.1 Å². The van der Waals surface area contributed by atoms with Gasteiger partial charge in [-0.05, 0) is 25.8 Å². The number of carboxylic acids is 1. The van der Waals surface area contributed by atoms with Crippen LogP contribution in [0.4, 0.5) is 11.5 Å². The van der Waals surface area contributed by atoms with E-state index >= 15 is 0 Å². The van der Waals surface area contributed by atoms with Gasteiger partial charge < -0.3 is 10.0 Å². The van der Waals surface area contributed by atoms with Gasteiger partial charge in [0.05, 0.1) is 10.3 Å². The number of aliphatic carboxylic acids is 1. The molecular weight excluding hydrogens is 262 g/mol. The molecule has 7 nitrogen and oxygen atoms in total. The maximum Gasteiger partial charge on any atom is 0.311 e. The molecule has 0 amide bonds. The molecule has 0 saturated carbocycles. The van der Waals surface area contributed by atoms with E-state index in [0.29, 0.717) is 37.3 Å². The summed E-state index contributed by atoms with van der Waals surface area (Å²) in [5, 5.41) is 20.1. The fourth-order valence-electron chi connectivity index (χ4n) is 2.58. The number of rotatable bonds is 4. The van der Waals surface area contributed by atoms with Crippen LogP contribution in [-0.2, 0) is 4.79 Å². The first-order valence-electron chi connectivity index (χ1n) is 6.49. The lowest BCUT2D eigenvalue weighted by molar-refractivity contribution is -0.385. The van der Waals surface area contributed by atoms with Gasteiger partial charge in [0.1, 0.15) is 12.0 Å². The van der Waals surface area contributed by atoms with E-state index in [0.717, 1.165) is 0 Å². The van der Waals surface area contributed by atoms with Crippen LogP contribution >= 0.6 is 0 Å². The average Bonchev–Trinajstić information content (AvgIpc) is 2.83. The smallest absolute Gasteiger partial charge is 0.311 e. The Hall–Kier alpha value is -2.18. The lowest BCUT2D eigenvalue weighted by atomic mass is 9.84. The molecule has 1 aromatic heterocycles. The topological polar surface area (TPSA) is 96.6 Å². The Bertz CT molecular complexity index is 561. The molecule has 1 N–H and O–H groups in total. The van der Waals surface area contributed by atoms with E-state index in [1.165, 1.54) is 6.20 Å². The van der Waals surface area contributed by atoms with Crippen LogP contribution in [0.5, 0.6) is 0 Å². The molecular formula is C13H17N3O4. The number of hydrogen-bond donors (Lipinski definition) is 1. The number of hydrogen-bond acceptors (Lipinski definition) is 5. The van der Waals surface area contributed by atoms with Gasteiger partial charge in [0.25, 0.3) is 5.69 Å². The highest BCUT2D eigenvalue weighted by Gasteiger charge is 2.43. The molecule has 0 aromatic carbocycles. The van der Waals surface area contributed by atoms with Gasteiger partial charge in [-0.1, -0.05) is 6.92 Å². The van der Waals surface area contributed by atoms with Crippen LogP contribution in [0.25, 0.3) is 0 Å². The van der Waals surface area contributed by atoms with E-state index in [4.69, 9.17) is 0 Å². The molecule has 20 heavy (non-hydrogen) atoms. The molecule has 7 heteroatoms. The lowest BCUT2D eigenvalue weighted by Crippen LogP contribution is -2.34. The zero-order valence-electron chi connectivity index (χ0n) is 11.5. The minimum Gasteiger partial charge on any atom is -0.481 e. The van der Waals surface area contributed by atoms with Gasteiger partial charge in [-0.2, -0.15) is 0 Å². The molecule has 0 spiro atoms. The fraction of sp³-hybridized carbons (Fsp3) is 0.538. The Kier molecular flexibility index (Phi) is 3.61. The second kappa shape index (κ2) is 5.07. The zero-order chi connectivity index (χ0) is 14.9. The Morgan fingerprint density at radius 1 is 1.65 bits per heavy atom. The number of pyridine rings is 1. The van der Waals surface area contributed by atoms with Crippen LogP contribution in [0.2, 0.25) is 0 Å². The molecule has 1 atom stereocenters. The number of aryl methyl sites for hydroxylation is 1. The van der Waals surface area contributed by atoms with Crippen molar-refractivity contribution in [1.29, 1.82) is 0 Å². The number of carbonyl (C=O) groups is 1. The highest BCUT2D eigenvalue weighted by molar-refractivity contribution is 5.76. The van der Waals surface area contributed by atoms with Crippen molar-refractivity contribution in [1.82, 2.24) is 4.98 Å². The molecule has 1 fully saturated rings. The highest BCUT2D eigenvalue weighted by Crippen LogP contribution is 2.36. The second-order valence-corrected chi connectivity index (χ2v) is 5.20. The average molecular weight is 279 g/mol. The van der Waals surface area contributed by atoms with E-state index < -0.39 is 16.3 Å². The Labute approximate surface area is 116 Å². The van der Waals surface area contributed by atoms with Gasteiger partial charge in [-0.25, -0.2) is 4.98 Å². The van der Waals surface area contributed by atoms with Gasteiger partial charge in [0.2, 0.25) is 0 Å². The third-order valence-corrected chi connectivity index (χ3v) is 4.07. The summed E-state index contributed by atoms with van der Waals surface area (Å²) >= 11 is 0. The van der Waals surface area contributed by atoms with Gasteiger partial charge in [-0.3, -0.25) is 14.9 Å². The summed E-state index contributed by atoms with van der Waals surface area (Å²) in [6.07, 6.45) is 2.36. The quantitative estimate of drug-likeness (QED) is 0.668. The summed E-state index contributed by atoms with van der Waals surface area (Å²) in [5.41, 5.74) is -0.227. The first-order valence-corrected chi connectivity index (χ1v) is 6.49. The number of nitro groups is 1. The first-order chi connectivity index (χ1) is 9.39. The normalized spacial score (nSPS) is 22.0. The second-order valence-electron chi connectivity index (χ2n) is 5.20. The maximum atomic E-state index is 11.4. The Balaban J connectivity index is 2.25. The molecule has 1 aliphatic heterocycles. The van der Waals surface area contributed by atoms with Gasteiger partial charge in [0.15, 0.2) is 0 Å². The largest absolute Gasteiger partial charge is 0.481 e. The van der Waals surface area contributed by atoms with Crippen molar-refractivity contribution >= 4 is 17.5 Å². The lowest BCUT2D eigenvalue weighted by Gasteiger charge is -2.23. The molecule has 1 aliphatic rings. The van der Waals surface area contributed by atoms with E-state index in [2.05, 4.69) is 4.98 Å². The molecule has 2 rings (SSSR count). The molecule has 1 saturated heterocycles. The summed E-state index contributed by atoms with van der Waals surface area (Å²) in [4.78, 5) is 27.7. The number of anilines is 1. The van der Waals surface area contributed by atoms with Crippen molar-refractivity contribution in [2.75, 3.05) is 18.0 Å². The van der Waals surface area contributed by atoms with E-state index in [1.807, 2.05) is 11.8 Å². The van der Waals surface area contributed by atoms with Gasteiger partial charge in [-0.15, -0.1) is 0 Å². The maximum absolute atomic E-state index is 11.4. The molecule has 108 valence electrons. The summed E-state index contributed by atoms with van der Waals surface area (Å²) in [7, 11) is 0. The van der Waals surface area contributed by atoms with Crippen LogP contribution in [0.1, 0.15) is 25.3 Å². The standard InChI is InChI=1S/C13H17N3O4/c1-3-13(12(17)18)4-5-15(8-13)11-6-9(2)10(7-14-11)16(19)20/h6-7H,3-5,8H2,1-2H3,(H,17,18). The number of nitrogens with zero attached hydrogens (tertiary/aromatic N) is 3. The minimum absolute atomic E-state index is 0.0204. The van der Waals surface area contributed by atoms with Gasteiger partial charge in [0, 0.05) is 18.7 Å². The predicted molar refractivity (Wildman–Crippen MR) is 72.8 cm³/mol. The van der Waals surface area contributed by atoms with Crippen molar-refractivity contribution in [3.8, 4) is 0 Å². The third-order valence-electron chi connectivity index (χ3n) is 4.07. The predicted octanol–water partition coefficient (Wildman–Crippen LogP) is 1.99. The summed E-state index contributed by atoms with van der Waals surface area (Å²) in [5.74, 6) is -0.189. The minimum atomic E-state index is -0.791. The number of aromatic nitrogens is 1. The van der Waals surface area contributed by atoms with Crippen molar-refractivity contribution in [3.63, 3.8) is 0 Å². The summed E-state index contributed by atoms with van der Waals surface area (Å²) in [6, 6.07) is 1.64. The van der Waals surface area contributed by atoms with Crippen molar-refractivity contribution < 1.29 is 14.8 Å². The molecule has 0 aliphatic carbocycles. The fourth-order valence-corrected chi connectivity index (χ4v) is 2.58. The SMILES string of the molecule is CCC1(C(=O)O)CCN(c2cc(C)c([N+](=O)[O-])cn2)C1. The summed E-state index contributed by atoms with van der Waals surface area (Å²) < 4.78 is 0. The van der Waals surface area contributed by atoms with Crippen molar-refractivity contribution in [3.05, 3.63) is 27.9 Å². The monoisotopic (exact) mass is 279 g/mol. The zero-order valence-corrected chi connectivity index (χ0v) is 11.5. The molecule has 0 radical (unpaired) electrons. The van der Waals surface area contributed by atoms with Crippen LogP contribution in [0, 0.1) is 22.5 Å². The van der Waals surface area contributed by atoms with Crippen LogP contribution in [0.15, 0.2) is 12.3 Å². The van der Waals surface area contributed by atoms with E-state index in [-0.39, 0.29) is 5.69 Å². The van der Waals surface area contributed by atoms with Crippen molar-refractivity contribution in [2.45, 2.75) is 26.7 Å². The summed E-state index contributed by atoms with van der Waals surface area (Å²) in [6.45, 7) is 4.52. The molecule has 0 bridgehead atoms. The van der Waals surface area contributed by atoms with Crippen LogP contribution in [0.3, 0.4) is 0 Å². The molecule has 2 heterocycles. The van der Waals surface area contributed by atoms with Crippen molar-refractivity contribution in [2.24, 2.45) is 5.41 Å². The third kappa shape index (κ3) is 2.31. The highest BCUT2D eigenvalue weighted by atomic mass is 16.6. The Morgan fingerprint density at radius 3 is 2.80 bits per heavy atom. The van der Waals surface area contributed by atoms with Gasteiger partial charge >= 0.3 is 5.97 Å².